The van der Waals surface area contributed by atoms with Gasteiger partial charge in [-0.2, -0.15) is 0 Å². The summed E-state index contributed by atoms with van der Waals surface area (Å²) in [5.41, 5.74) is -0.695. The molecule has 0 N–H and O–H groups in total. The highest BCUT2D eigenvalue weighted by atomic mass is 31.2. The Kier molecular flexibility index (Phi) is 5.48. The summed E-state index contributed by atoms with van der Waals surface area (Å²) in [7, 11) is -1.02. The summed E-state index contributed by atoms with van der Waals surface area (Å²) < 4.78 is 22.4. The van der Waals surface area contributed by atoms with Crippen LogP contribution in [0, 0.1) is 0 Å². The van der Waals surface area contributed by atoms with Crippen molar-refractivity contribution in [2.45, 2.75) is 50.9 Å². The Labute approximate surface area is 126 Å². The molecule has 0 aromatic heterocycles. The van der Waals surface area contributed by atoms with E-state index in [0.717, 1.165) is 0 Å². The van der Waals surface area contributed by atoms with Crippen LogP contribution in [0.2, 0.25) is 0 Å². The van der Waals surface area contributed by atoms with E-state index in [-0.39, 0.29) is 5.66 Å². The zero-order chi connectivity index (χ0) is 16.4. The molecule has 122 valence electrons. The smallest absolute Gasteiger partial charge is 0.411 e. The summed E-state index contributed by atoms with van der Waals surface area (Å²) in [6.07, 6.45) is 0.436. The number of methoxy groups -OCH3 is 1. The van der Waals surface area contributed by atoms with Crippen LogP contribution < -0.4 is 0 Å². The highest BCUT2D eigenvalue weighted by Gasteiger charge is 2.41. The molecule has 6 nitrogen and oxygen atoms in total. The van der Waals surface area contributed by atoms with Crippen molar-refractivity contribution in [1.82, 2.24) is 4.90 Å². The topological polar surface area (TPSA) is 72.9 Å². The monoisotopic (exact) mass is 319 g/mol. The Morgan fingerprint density at radius 1 is 1.24 bits per heavy atom. The normalized spacial score (nSPS) is 23.6. The third-order valence-electron chi connectivity index (χ3n) is 3.56. The second kappa shape index (κ2) is 6.39. The molecule has 7 heteroatoms. The minimum Gasteiger partial charge on any atom is -0.467 e. The van der Waals surface area contributed by atoms with Crippen molar-refractivity contribution in [3.8, 4) is 0 Å². The quantitative estimate of drug-likeness (QED) is 0.578. The third kappa shape index (κ3) is 5.03. The number of hydrogen-bond acceptors (Lipinski definition) is 5. The molecule has 0 aromatic carbocycles. The van der Waals surface area contributed by atoms with Crippen LogP contribution in [0.25, 0.3) is 0 Å². The van der Waals surface area contributed by atoms with Crippen LogP contribution in [0.3, 0.4) is 0 Å². The van der Waals surface area contributed by atoms with Crippen molar-refractivity contribution in [3.63, 3.8) is 0 Å². The summed E-state index contributed by atoms with van der Waals surface area (Å²) in [6, 6.07) is -0.725. The van der Waals surface area contributed by atoms with E-state index in [0.29, 0.717) is 19.4 Å². The first-order valence-corrected chi connectivity index (χ1v) is 9.75. The lowest BCUT2D eigenvalue weighted by Gasteiger charge is -2.39. The zero-order valence-corrected chi connectivity index (χ0v) is 14.6. The molecule has 1 aliphatic heterocycles. The van der Waals surface area contributed by atoms with Gasteiger partial charge in [0.1, 0.15) is 11.6 Å². The largest absolute Gasteiger partial charge is 0.467 e. The lowest BCUT2D eigenvalue weighted by molar-refractivity contribution is -0.148. The van der Waals surface area contributed by atoms with Crippen molar-refractivity contribution in [2.24, 2.45) is 0 Å². The zero-order valence-electron chi connectivity index (χ0n) is 13.7. The van der Waals surface area contributed by atoms with E-state index < -0.39 is 30.8 Å². The second-order valence-electron chi connectivity index (χ2n) is 6.83. The van der Waals surface area contributed by atoms with E-state index in [1.165, 1.54) is 12.0 Å². The predicted molar refractivity (Wildman–Crippen MR) is 81.2 cm³/mol. The molecule has 1 saturated heterocycles. The Balaban J connectivity index is 2.91. The first-order valence-electron chi connectivity index (χ1n) is 7.08. The summed E-state index contributed by atoms with van der Waals surface area (Å²) in [6.45, 7) is 9.11. The number of rotatable bonds is 2. The van der Waals surface area contributed by atoms with E-state index in [2.05, 4.69) is 0 Å². The average molecular weight is 319 g/mol. The third-order valence-corrected chi connectivity index (χ3v) is 5.78. The van der Waals surface area contributed by atoms with Crippen LogP contribution in [0.4, 0.5) is 4.79 Å². The molecule has 0 radical (unpaired) electrons. The molecule has 1 amide bonds. The van der Waals surface area contributed by atoms with Gasteiger partial charge in [0, 0.05) is 12.2 Å². The molecule has 0 bridgehead atoms. The van der Waals surface area contributed by atoms with Crippen LogP contribution in [0.5, 0.6) is 0 Å². The number of piperidine rings is 1. The summed E-state index contributed by atoms with van der Waals surface area (Å²) >= 11 is 0. The highest BCUT2D eigenvalue weighted by molar-refractivity contribution is 7.63. The fraction of sp³-hybridized carbons (Fsp3) is 0.857. The van der Waals surface area contributed by atoms with E-state index in [4.69, 9.17) is 9.47 Å². The molecule has 21 heavy (non-hydrogen) atoms. The molecular weight excluding hydrogens is 293 g/mol. The number of carbonyl (C=O) groups is 2. The molecule has 0 saturated carbocycles. The van der Waals surface area contributed by atoms with Gasteiger partial charge in [0.05, 0.1) is 14.3 Å². The number of likely N-dealkylation sites (tertiary alicyclic amines) is 1. The van der Waals surface area contributed by atoms with Gasteiger partial charge in [-0.1, -0.05) is 0 Å². The Morgan fingerprint density at radius 3 is 2.24 bits per heavy atom. The average Bonchev–Trinajstić information content (AvgIpc) is 2.34. The number of carbonyl (C=O) groups excluding carboxylic acids is 2. The van der Waals surface area contributed by atoms with E-state index in [1.807, 2.05) is 0 Å². The van der Waals surface area contributed by atoms with Crippen molar-refractivity contribution < 1.29 is 23.6 Å². The minimum atomic E-state index is -2.31. The van der Waals surface area contributed by atoms with Crippen molar-refractivity contribution in [3.05, 3.63) is 0 Å². The van der Waals surface area contributed by atoms with Crippen molar-refractivity contribution >= 4 is 19.2 Å². The molecule has 0 unspecified atom stereocenters. The van der Waals surface area contributed by atoms with Gasteiger partial charge >= 0.3 is 12.1 Å². The van der Waals surface area contributed by atoms with Gasteiger partial charge in [-0.3, -0.25) is 4.90 Å². The molecule has 1 heterocycles. The number of esters is 1. The maximum atomic E-state index is 12.2. The van der Waals surface area contributed by atoms with Gasteiger partial charge in [-0.25, -0.2) is 9.59 Å². The maximum Gasteiger partial charge on any atom is 0.411 e. The summed E-state index contributed by atoms with van der Waals surface area (Å²) in [5.74, 6) is -0.487. The van der Waals surface area contributed by atoms with Crippen LogP contribution in [0.15, 0.2) is 0 Å². The van der Waals surface area contributed by atoms with Crippen molar-refractivity contribution in [1.29, 1.82) is 0 Å². The molecule has 1 rings (SSSR count). The van der Waals surface area contributed by atoms with Gasteiger partial charge in [0.2, 0.25) is 0 Å². The fourth-order valence-electron chi connectivity index (χ4n) is 2.41. The number of hydrogen-bond donors (Lipinski definition) is 0. The lowest BCUT2D eigenvalue weighted by atomic mass is 10.0. The Morgan fingerprint density at radius 2 is 1.81 bits per heavy atom. The number of ether oxygens (including phenoxy) is 2. The minimum absolute atomic E-state index is 0.0692. The van der Waals surface area contributed by atoms with Crippen LogP contribution in [-0.4, -0.2) is 61.2 Å². The predicted octanol–water partition coefficient (Wildman–Crippen LogP) is 2.55. The van der Waals surface area contributed by atoms with Crippen LogP contribution in [0.1, 0.15) is 33.6 Å². The maximum absolute atomic E-state index is 12.2. The second-order valence-corrected chi connectivity index (χ2v) is 10.4. The molecule has 0 aromatic rings. The molecule has 2 atom stereocenters. The van der Waals surface area contributed by atoms with Gasteiger partial charge < -0.3 is 14.0 Å². The van der Waals surface area contributed by atoms with E-state index in [1.54, 1.807) is 34.1 Å². The van der Waals surface area contributed by atoms with Gasteiger partial charge in [0.15, 0.2) is 0 Å². The van der Waals surface area contributed by atoms with E-state index >= 15 is 0 Å². The van der Waals surface area contributed by atoms with Crippen molar-refractivity contribution in [2.75, 3.05) is 27.0 Å². The first-order chi connectivity index (χ1) is 9.45. The summed E-state index contributed by atoms with van der Waals surface area (Å²) in [5, 5.41) is 0. The fourth-order valence-corrected chi connectivity index (χ4v) is 3.85. The van der Waals surface area contributed by atoms with Gasteiger partial charge in [-0.15, -0.1) is 0 Å². The Bertz CT molecular complexity index is 451. The Hall–Kier alpha value is -1.03. The summed E-state index contributed by atoms with van der Waals surface area (Å²) in [4.78, 5) is 25.6. The number of amides is 1. The molecule has 0 aliphatic carbocycles. The van der Waals surface area contributed by atoms with Crippen LogP contribution >= 0.6 is 7.14 Å². The lowest BCUT2D eigenvalue weighted by Crippen LogP contribution is -2.52. The van der Waals surface area contributed by atoms with Gasteiger partial charge in [-0.05, 0) is 46.9 Å². The SMILES string of the molecule is COC(=O)[C@@H]1C[C@H](P(C)(C)=O)CCN1C(=O)OC(C)(C)C. The molecule has 1 fully saturated rings. The molecule has 1 aliphatic rings. The van der Waals surface area contributed by atoms with E-state index in [9.17, 15) is 14.2 Å². The molecular formula is C14H26NO5P. The highest BCUT2D eigenvalue weighted by Crippen LogP contribution is 2.48. The van der Waals surface area contributed by atoms with Crippen LogP contribution in [-0.2, 0) is 18.8 Å². The standard InChI is InChI=1S/C14H26NO5P/c1-14(2,3)20-13(17)15-8-7-10(21(5,6)18)9-11(15)12(16)19-4/h10-11H,7-9H2,1-6H3/t10-,11+/m1/s1. The first kappa shape index (κ1) is 18.0. The molecule has 0 spiro atoms. The number of nitrogens with zero attached hydrogens (tertiary/aromatic N) is 1. The van der Waals surface area contributed by atoms with Gasteiger partial charge in [0.25, 0.3) is 0 Å².